The molecule has 0 aromatic heterocycles. The molecule has 0 bridgehead atoms. The molecule has 144 valence electrons. The zero-order valence-corrected chi connectivity index (χ0v) is 18.7. The Kier molecular flexibility index (Phi) is 10.1. The topological polar surface area (TPSA) is 46.2 Å². The monoisotopic (exact) mass is 386 g/mol. The third-order valence-corrected chi connectivity index (χ3v) is 10.2. The predicted octanol–water partition coefficient (Wildman–Crippen LogP) is 3.00. The van der Waals surface area contributed by atoms with Gasteiger partial charge in [0, 0.05) is 45.8 Å². The molecule has 0 saturated heterocycles. The number of hydrogen-bond donors (Lipinski definition) is 0. The minimum atomic E-state index is -2.59. The summed E-state index contributed by atoms with van der Waals surface area (Å²) in [5.41, 5.74) is 0. The second kappa shape index (κ2) is 11.2. The van der Waals surface area contributed by atoms with Crippen molar-refractivity contribution >= 4 is 23.3 Å². The summed E-state index contributed by atoms with van der Waals surface area (Å²) in [6, 6.07) is 9.72. The third kappa shape index (κ3) is 5.99. The van der Waals surface area contributed by atoms with E-state index >= 15 is 0 Å². The molecule has 0 heterocycles. The highest BCUT2D eigenvalue weighted by atomic mass is 28.4. The van der Waals surface area contributed by atoms with E-state index in [9.17, 15) is 0 Å². The Hall–Kier alpha value is -0.546. The van der Waals surface area contributed by atoms with Gasteiger partial charge in [-0.2, -0.15) is 0 Å². The van der Waals surface area contributed by atoms with Crippen molar-refractivity contribution in [3.63, 3.8) is 0 Å². The summed E-state index contributed by atoms with van der Waals surface area (Å²) in [6.07, 6.45) is 6.70. The second-order valence-corrected chi connectivity index (χ2v) is 12.5. The molecule has 0 amide bonds. The molecule has 0 aliphatic heterocycles. The summed E-state index contributed by atoms with van der Waals surface area (Å²) in [6.45, 7) is 2.33. The van der Waals surface area contributed by atoms with E-state index in [1.54, 1.807) is 35.5 Å². The molecule has 1 aromatic carbocycles. The largest absolute Gasteiger partial charge is 0.536 e. The van der Waals surface area contributed by atoms with Crippen LogP contribution in [0.2, 0.25) is 5.04 Å². The van der Waals surface area contributed by atoms with Crippen LogP contribution in [0.5, 0.6) is 0 Å². The molecular formula is C18H34O5Si2. The van der Waals surface area contributed by atoms with E-state index in [1.807, 2.05) is 30.3 Å². The zero-order chi connectivity index (χ0) is 18.8. The average molecular weight is 387 g/mol. The lowest BCUT2D eigenvalue weighted by Gasteiger charge is -2.36. The molecular weight excluding hydrogens is 352 g/mol. The van der Waals surface area contributed by atoms with Crippen molar-refractivity contribution in [2.75, 3.05) is 35.5 Å². The van der Waals surface area contributed by atoms with Crippen molar-refractivity contribution in [1.29, 1.82) is 0 Å². The standard InChI is InChI=1S/C9H14O3Si.C9H20O2Si/c1-10-13(11-2,12-3)9-7-5-4-6-8-9;1-9(12(10-2)11-3)7-5-4-6-8-9/h4-8H,1-3H3;12H,4-8H2,1-3H3. The molecule has 5 nitrogen and oxygen atoms in total. The molecule has 0 spiro atoms. The first kappa shape index (κ1) is 22.5. The summed E-state index contributed by atoms with van der Waals surface area (Å²) < 4.78 is 26.9. The van der Waals surface area contributed by atoms with Crippen LogP contribution >= 0.6 is 0 Å². The first-order valence-corrected chi connectivity index (χ1v) is 12.0. The van der Waals surface area contributed by atoms with Crippen molar-refractivity contribution in [3.05, 3.63) is 30.3 Å². The quantitative estimate of drug-likeness (QED) is 0.674. The number of benzene rings is 1. The van der Waals surface area contributed by atoms with Crippen molar-refractivity contribution in [1.82, 2.24) is 0 Å². The molecule has 0 radical (unpaired) electrons. The van der Waals surface area contributed by atoms with Gasteiger partial charge in [0.25, 0.3) is 0 Å². The third-order valence-electron chi connectivity index (χ3n) is 4.93. The SMILES string of the molecule is CO[SiH](OC)C1(C)CCCCC1.CO[Si](OC)(OC)c1ccccc1. The average Bonchev–Trinajstić information content (AvgIpc) is 2.66. The fourth-order valence-corrected chi connectivity index (χ4v) is 7.52. The van der Waals surface area contributed by atoms with Crippen molar-refractivity contribution in [3.8, 4) is 0 Å². The predicted molar refractivity (Wildman–Crippen MR) is 105 cm³/mol. The van der Waals surface area contributed by atoms with Gasteiger partial charge in [0.2, 0.25) is 0 Å². The summed E-state index contributed by atoms with van der Waals surface area (Å²) >= 11 is 0. The lowest BCUT2D eigenvalue weighted by atomic mass is 9.90. The van der Waals surface area contributed by atoms with E-state index in [0.717, 1.165) is 5.19 Å². The minimum Gasteiger partial charge on any atom is -0.400 e. The van der Waals surface area contributed by atoms with Crippen LogP contribution < -0.4 is 5.19 Å². The summed E-state index contributed by atoms with van der Waals surface area (Å²) in [5.74, 6) is 0. The van der Waals surface area contributed by atoms with Crippen LogP contribution in [0.1, 0.15) is 39.0 Å². The summed E-state index contributed by atoms with van der Waals surface area (Å²) in [4.78, 5) is 0. The van der Waals surface area contributed by atoms with Gasteiger partial charge in [-0.05, 0) is 12.8 Å². The maximum atomic E-state index is 5.46. The number of rotatable bonds is 7. The smallest absolute Gasteiger partial charge is 0.400 e. The van der Waals surface area contributed by atoms with E-state index in [0.29, 0.717) is 5.04 Å². The maximum absolute atomic E-state index is 5.46. The van der Waals surface area contributed by atoms with E-state index in [2.05, 4.69) is 6.92 Å². The van der Waals surface area contributed by atoms with Crippen molar-refractivity contribution in [2.45, 2.75) is 44.1 Å². The molecule has 7 heteroatoms. The molecule has 1 aliphatic carbocycles. The molecule has 1 fully saturated rings. The Balaban J connectivity index is 0.000000251. The second-order valence-electron chi connectivity index (χ2n) is 6.55. The van der Waals surface area contributed by atoms with Gasteiger partial charge in [-0.3, -0.25) is 0 Å². The Morgan fingerprint density at radius 2 is 1.28 bits per heavy atom. The van der Waals surface area contributed by atoms with Gasteiger partial charge >= 0.3 is 18.1 Å². The fourth-order valence-electron chi connectivity index (χ4n) is 3.51. The highest BCUT2D eigenvalue weighted by molar-refractivity contribution is 6.75. The lowest BCUT2D eigenvalue weighted by molar-refractivity contribution is 0.140. The van der Waals surface area contributed by atoms with E-state index in [-0.39, 0.29) is 0 Å². The molecule has 25 heavy (non-hydrogen) atoms. The van der Waals surface area contributed by atoms with Crippen LogP contribution in [0.4, 0.5) is 0 Å². The van der Waals surface area contributed by atoms with Gasteiger partial charge in [0.1, 0.15) is 0 Å². The van der Waals surface area contributed by atoms with Gasteiger partial charge in [0.15, 0.2) is 0 Å². The molecule has 2 rings (SSSR count). The van der Waals surface area contributed by atoms with E-state index < -0.39 is 18.1 Å². The lowest BCUT2D eigenvalue weighted by Crippen LogP contribution is -2.54. The molecule has 1 aliphatic rings. The molecule has 0 atom stereocenters. The van der Waals surface area contributed by atoms with E-state index in [1.165, 1.54) is 32.1 Å². The molecule has 1 saturated carbocycles. The zero-order valence-electron chi connectivity index (χ0n) is 16.5. The highest BCUT2D eigenvalue weighted by Gasteiger charge is 2.40. The van der Waals surface area contributed by atoms with Crippen LogP contribution in [-0.4, -0.2) is 53.6 Å². The van der Waals surface area contributed by atoms with Gasteiger partial charge in [-0.1, -0.05) is 56.5 Å². The number of hydrogen-bond acceptors (Lipinski definition) is 5. The van der Waals surface area contributed by atoms with Crippen LogP contribution in [0.15, 0.2) is 30.3 Å². The highest BCUT2D eigenvalue weighted by Crippen LogP contribution is 2.44. The normalized spacial score (nSPS) is 17.1. The van der Waals surface area contributed by atoms with Gasteiger partial charge in [-0.25, -0.2) is 0 Å². The first-order valence-electron chi connectivity index (χ1n) is 8.78. The maximum Gasteiger partial charge on any atom is 0.536 e. The van der Waals surface area contributed by atoms with Crippen LogP contribution in [-0.2, 0) is 22.1 Å². The summed E-state index contributed by atoms with van der Waals surface area (Å²) in [7, 11) is 4.41. The Labute approximate surface area is 155 Å². The minimum absolute atomic E-state index is 0.391. The van der Waals surface area contributed by atoms with Gasteiger partial charge in [-0.15, -0.1) is 0 Å². The Morgan fingerprint density at radius 3 is 1.68 bits per heavy atom. The Bertz CT molecular complexity index is 450. The fraction of sp³-hybridized carbons (Fsp3) is 0.667. The van der Waals surface area contributed by atoms with Crippen LogP contribution in [0.3, 0.4) is 0 Å². The van der Waals surface area contributed by atoms with Crippen molar-refractivity contribution < 1.29 is 22.1 Å². The van der Waals surface area contributed by atoms with Crippen LogP contribution in [0.25, 0.3) is 0 Å². The Morgan fingerprint density at radius 1 is 0.800 bits per heavy atom. The molecule has 1 aromatic rings. The molecule has 0 N–H and O–H groups in total. The van der Waals surface area contributed by atoms with Gasteiger partial charge in [0.05, 0.1) is 0 Å². The first-order chi connectivity index (χ1) is 12.0. The van der Waals surface area contributed by atoms with E-state index in [4.69, 9.17) is 22.1 Å². The van der Waals surface area contributed by atoms with Gasteiger partial charge < -0.3 is 22.1 Å². The molecule has 0 unspecified atom stereocenters. The van der Waals surface area contributed by atoms with Crippen molar-refractivity contribution in [2.24, 2.45) is 0 Å². The van der Waals surface area contributed by atoms with Crippen LogP contribution in [0, 0.1) is 0 Å². The summed E-state index contributed by atoms with van der Waals surface area (Å²) in [5, 5.41) is 1.37.